The van der Waals surface area contributed by atoms with Crippen LogP contribution in [0, 0.1) is 0 Å². The Balaban J connectivity index is 2.10. The minimum Gasteiger partial charge on any atom is -0.474 e. The van der Waals surface area contributed by atoms with E-state index in [-0.39, 0.29) is 37.4 Å². The number of aliphatic hydroxyl groups is 1. The average molecular weight is 622 g/mol. The first-order chi connectivity index (χ1) is 17.6. The van der Waals surface area contributed by atoms with Gasteiger partial charge in [0.25, 0.3) is 0 Å². The predicted molar refractivity (Wildman–Crippen MR) is 128 cm³/mol. The van der Waals surface area contributed by atoms with Gasteiger partial charge in [0.1, 0.15) is 24.7 Å². The highest BCUT2D eigenvalue weighted by Crippen LogP contribution is 2.40. The van der Waals surface area contributed by atoms with Crippen molar-refractivity contribution in [2.45, 2.75) is 18.9 Å². The fourth-order valence-electron chi connectivity index (χ4n) is 3.13. The van der Waals surface area contributed by atoms with Gasteiger partial charge in [-0.3, -0.25) is 9.32 Å². The number of aliphatic hydroxyl groups excluding tert-OH is 1. The number of aromatic nitrogens is 2. The number of phosphoric acid groups is 1. The van der Waals surface area contributed by atoms with E-state index in [4.69, 9.17) is 49.3 Å². The lowest BCUT2D eigenvalue weighted by molar-refractivity contribution is -0.202. The Labute approximate surface area is 225 Å². The maximum atomic E-state index is 13.1. The summed E-state index contributed by atoms with van der Waals surface area (Å²) >= 11 is 19.0. The van der Waals surface area contributed by atoms with Gasteiger partial charge < -0.3 is 28.9 Å². The number of alkyl halides is 3. The second-order valence-corrected chi connectivity index (χ2v) is 9.83. The Morgan fingerprint density at radius 2 is 1.76 bits per heavy atom. The van der Waals surface area contributed by atoms with Gasteiger partial charge in [-0.1, -0.05) is 40.9 Å². The Morgan fingerprint density at radius 3 is 2.34 bits per heavy atom. The van der Waals surface area contributed by atoms with E-state index in [2.05, 4.69) is 14.2 Å². The summed E-state index contributed by atoms with van der Waals surface area (Å²) in [4.78, 5) is 46.1. The smallest absolute Gasteiger partial charge is 0.474 e. The molecule has 0 fully saturated rings. The molecule has 0 saturated carbocycles. The lowest BCUT2D eigenvalue weighted by Gasteiger charge is -2.21. The molecule has 0 aliphatic rings. The van der Waals surface area contributed by atoms with Gasteiger partial charge in [-0.2, -0.15) is 13.2 Å². The molecule has 206 valence electrons. The number of para-hydroxylation sites is 1. The summed E-state index contributed by atoms with van der Waals surface area (Å²) in [5, 5.41) is 9.48. The van der Waals surface area contributed by atoms with Crippen LogP contribution in [0.2, 0.25) is 15.1 Å². The van der Waals surface area contributed by atoms with Crippen molar-refractivity contribution in [3.05, 3.63) is 61.4 Å². The van der Waals surface area contributed by atoms with E-state index >= 15 is 0 Å². The van der Waals surface area contributed by atoms with Crippen molar-refractivity contribution < 1.29 is 51.4 Å². The zero-order valence-electron chi connectivity index (χ0n) is 18.5. The molecule has 1 atom stereocenters. The number of hydrogen-bond donors (Lipinski definition) is 3. The van der Waals surface area contributed by atoms with Crippen LogP contribution in [0.1, 0.15) is 5.69 Å². The van der Waals surface area contributed by atoms with E-state index in [9.17, 15) is 32.4 Å². The van der Waals surface area contributed by atoms with Crippen LogP contribution >= 0.6 is 42.6 Å². The third-order valence-electron chi connectivity index (χ3n) is 4.62. The number of benzene rings is 1. The van der Waals surface area contributed by atoms with Crippen molar-refractivity contribution in [3.63, 3.8) is 0 Å². The lowest BCUT2D eigenvalue weighted by atomic mass is 10.1. The Morgan fingerprint density at radius 1 is 1.13 bits per heavy atom. The lowest BCUT2D eigenvalue weighted by Crippen LogP contribution is -2.31. The van der Waals surface area contributed by atoms with Crippen LogP contribution in [0.25, 0.3) is 16.6 Å². The maximum Gasteiger partial charge on any atom is 0.490 e. The third kappa shape index (κ3) is 7.16. The molecular formula is C20H15Cl3F3N2O9P. The van der Waals surface area contributed by atoms with Gasteiger partial charge >= 0.3 is 20.0 Å². The number of esters is 1. The highest BCUT2D eigenvalue weighted by atomic mass is 35.5. The van der Waals surface area contributed by atoms with Crippen LogP contribution in [0.4, 0.5) is 13.2 Å². The number of nitrogens with zero attached hydrogens (tertiary/aromatic N) is 2. The van der Waals surface area contributed by atoms with Gasteiger partial charge in [0.05, 0.1) is 44.8 Å². The number of pyridine rings is 2. The van der Waals surface area contributed by atoms with E-state index < -0.39 is 57.2 Å². The van der Waals surface area contributed by atoms with E-state index in [1.54, 1.807) is 0 Å². The summed E-state index contributed by atoms with van der Waals surface area (Å²) in [6.07, 6.45) is -5.98. The van der Waals surface area contributed by atoms with Crippen LogP contribution in [0.3, 0.4) is 0 Å². The molecule has 3 N–H and O–H groups in total. The van der Waals surface area contributed by atoms with Crippen LogP contribution < -0.4 is 10.2 Å². The molecule has 2 heterocycles. The van der Waals surface area contributed by atoms with E-state index in [1.165, 1.54) is 22.8 Å². The average Bonchev–Trinajstić information content (AvgIpc) is 2.80. The Hall–Kier alpha value is -2.42. The van der Waals surface area contributed by atoms with Crippen molar-refractivity contribution >= 4 is 59.5 Å². The van der Waals surface area contributed by atoms with Crippen LogP contribution in [-0.2, 0) is 25.2 Å². The maximum absolute atomic E-state index is 13.1. The molecule has 3 aromatic rings. The van der Waals surface area contributed by atoms with Gasteiger partial charge in [-0.25, -0.2) is 14.3 Å². The zero-order chi connectivity index (χ0) is 28.4. The van der Waals surface area contributed by atoms with Crippen LogP contribution in [0.5, 0.6) is 5.88 Å². The molecule has 0 aliphatic heterocycles. The fraction of sp³-hybridized carbons (Fsp3) is 0.250. The number of hydrogen-bond acceptors (Lipinski definition) is 8. The van der Waals surface area contributed by atoms with Crippen molar-refractivity contribution in [2.75, 3.05) is 13.2 Å². The number of halogens is 6. The number of carbonyl (C=O) groups excluding carboxylic acids is 1. The molecule has 2 aromatic heterocycles. The summed E-state index contributed by atoms with van der Waals surface area (Å²) in [5.74, 6) is -2.95. The first kappa shape index (κ1) is 30.1. The van der Waals surface area contributed by atoms with Crippen molar-refractivity contribution in [2.24, 2.45) is 0 Å². The van der Waals surface area contributed by atoms with Gasteiger partial charge in [0, 0.05) is 6.07 Å². The van der Waals surface area contributed by atoms with Gasteiger partial charge in [-0.05, 0) is 12.1 Å². The SMILES string of the molecule is O=C(OCC(O)COc1ncc(Cl)c2c1c(=O)cc(COP(=O)(O)O)n2-c1c(Cl)cccc1Cl)C(F)(F)F. The molecule has 0 amide bonds. The normalized spacial score (nSPS) is 13.0. The molecule has 11 nitrogen and oxygen atoms in total. The first-order valence-electron chi connectivity index (χ1n) is 10.0. The predicted octanol–water partition coefficient (Wildman–Crippen LogP) is 3.80. The number of phosphoric ester groups is 1. The highest BCUT2D eigenvalue weighted by Gasteiger charge is 2.41. The molecule has 1 unspecified atom stereocenters. The topological polar surface area (TPSA) is 157 Å². The molecule has 1 aromatic carbocycles. The summed E-state index contributed by atoms with van der Waals surface area (Å²) < 4.78 is 63.2. The van der Waals surface area contributed by atoms with Gasteiger partial charge in [0.2, 0.25) is 5.88 Å². The van der Waals surface area contributed by atoms with Crippen LogP contribution in [-0.4, -0.2) is 55.9 Å². The van der Waals surface area contributed by atoms with Crippen molar-refractivity contribution in [3.8, 4) is 11.6 Å². The van der Waals surface area contributed by atoms with Gasteiger partial charge in [0.15, 0.2) is 5.43 Å². The molecule has 0 radical (unpaired) electrons. The second-order valence-electron chi connectivity index (χ2n) is 7.37. The van der Waals surface area contributed by atoms with E-state index in [0.29, 0.717) is 0 Å². The summed E-state index contributed by atoms with van der Waals surface area (Å²) in [7, 11) is -4.99. The molecule has 3 rings (SSSR count). The van der Waals surface area contributed by atoms with E-state index in [0.717, 1.165) is 12.3 Å². The van der Waals surface area contributed by atoms with E-state index in [1.807, 2.05) is 0 Å². The van der Waals surface area contributed by atoms with Crippen LogP contribution in [0.15, 0.2) is 35.3 Å². The van der Waals surface area contributed by atoms with Crippen molar-refractivity contribution in [1.82, 2.24) is 9.55 Å². The number of carbonyl (C=O) groups is 1. The minimum atomic E-state index is -5.26. The first-order valence-corrected chi connectivity index (χ1v) is 12.7. The summed E-state index contributed by atoms with van der Waals surface area (Å²) in [6, 6.07) is 5.30. The molecule has 0 saturated heterocycles. The van der Waals surface area contributed by atoms with Crippen molar-refractivity contribution in [1.29, 1.82) is 0 Å². The summed E-state index contributed by atoms with van der Waals surface area (Å²) in [6.45, 7) is -2.63. The Bertz CT molecular complexity index is 1460. The molecule has 18 heteroatoms. The molecule has 0 spiro atoms. The Kier molecular flexibility index (Phi) is 9.32. The fourth-order valence-corrected chi connectivity index (χ4v) is 4.23. The molecule has 0 bridgehead atoms. The third-order valence-corrected chi connectivity index (χ3v) is 5.97. The molecule has 0 aliphatic carbocycles. The quantitative estimate of drug-likeness (QED) is 0.237. The molecular weight excluding hydrogens is 607 g/mol. The zero-order valence-corrected chi connectivity index (χ0v) is 21.6. The number of rotatable bonds is 9. The largest absolute Gasteiger partial charge is 0.490 e. The summed E-state index contributed by atoms with van der Waals surface area (Å²) in [5.41, 5.74) is -1.06. The minimum absolute atomic E-state index is 0.0390. The number of ether oxygens (including phenoxy) is 2. The highest BCUT2D eigenvalue weighted by molar-refractivity contribution is 7.46. The number of fused-ring (bicyclic) bond motifs is 1. The molecule has 38 heavy (non-hydrogen) atoms. The monoisotopic (exact) mass is 620 g/mol. The second kappa shape index (κ2) is 11.8. The standard InChI is InChI=1S/C20H15Cl3F3N2O9P/c21-11-2-1-3-12(22)16(11)28-9(6-37-38(32,33)34)4-14(30)15-17(28)13(23)5-27-18(15)35-7-10(29)8-36-19(31)20(24,25)26/h1-5,10,29H,6-8H2,(H2,32,33,34). The van der Waals surface area contributed by atoms with Gasteiger partial charge in [-0.15, -0.1) is 0 Å².